The third-order valence-electron chi connectivity index (χ3n) is 14.2. The number of rotatable bonds is 60. The molecule has 80 heavy (non-hydrogen) atoms. The van der Waals surface area contributed by atoms with Gasteiger partial charge < -0.3 is 14.2 Å². The number of hydrogen-bond donors (Lipinski definition) is 0. The molecule has 0 radical (unpaired) electrons. The van der Waals surface area contributed by atoms with Crippen LogP contribution >= 0.6 is 0 Å². The number of esters is 3. The Labute approximate surface area is 494 Å². The van der Waals surface area contributed by atoms with Crippen molar-refractivity contribution in [2.45, 2.75) is 316 Å². The van der Waals surface area contributed by atoms with Crippen molar-refractivity contribution < 1.29 is 28.6 Å². The zero-order chi connectivity index (χ0) is 57.8. The van der Waals surface area contributed by atoms with Gasteiger partial charge in [0.2, 0.25) is 0 Å². The Bertz CT molecular complexity index is 1650. The van der Waals surface area contributed by atoms with E-state index in [1.54, 1.807) is 0 Å². The zero-order valence-corrected chi connectivity index (χ0v) is 52.3. The number of carbonyl (C=O) groups is 3. The highest BCUT2D eigenvalue weighted by Gasteiger charge is 2.19. The Morgan fingerprint density at radius 1 is 0.263 bits per heavy atom. The molecule has 0 aromatic carbocycles. The molecule has 456 valence electrons. The van der Waals surface area contributed by atoms with Crippen molar-refractivity contribution in [1.29, 1.82) is 0 Å². The molecule has 0 N–H and O–H groups in total. The van der Waals surface area contributed by atoms with E-state index in [0.717, 1.165) is 135 Å². The van der Waals surface area contributed by atoms with E-state index in [1.165, 1.54) is 135 Å². The highest BCUT2D eigenvalue weighted by Crippen LogP contribution is 2.15. The second kappa shape index (κ2) is 67.3. The first-order valence-corrected chi connectivity index (χ1v) is 33.5. The highest BCUT2D eigenvalue weighted by molar-refractivity contribution is 5.71. The van der Waals surface area contributed by atoms with Crippen LogP contribution in [-0.2, 0) is 28.6 Å². The lowest BCUT2D eigenvalue weighted by Gasteiger charge is -2.18. The molecule has 0 saturated heterocycles. The first-order valence-electron chi connectivity index (χ1n) is 33.5. The van der Waals surface area contributed by atoms with Crippen LogP contribution in [0.5, 0.6) is 0 Å². The van der Waals surface area contributed by atoms with Gasteiger partial charge in [0.05, 0.1) is 0 Å². The summed E-state index contributed by atoms with van der Waals surface area (Å²) in [5, 5.41) is 0. The maximum Gasteiger partial charge on any atom is 0.306 e. The van der Waals surface area contributed by atoms with Crippen LogP contribution in [0.2, 0.25) is 0 Å². The molecule has 0 spiro atoms. The quantitative estimate of drug-likeness (QED) is 0.0261. The lowest BCUT2D eigenvalue weighted by atomic mass is 10.1. The predicted molar refractivity (Wildman–Crippen MR) is 348 cm³/mol. The molecule has 0 aliphatic carbocycles. The number of unbranched alkanes of at least 4 members (excludes halogenated alkanes) is 29. The maximum absolute atomic E-state index is 12.9. The molecule has 0 fully saturated rings. The predicted octanol–water partition coefficient (Wildman–Crippen LogP) is 23.2. The van der Waals surface area contributed by atoms with E-state index >= 15 is 0 Å². The molecule has 1 unspecified atom stereocenters. The summed E-state index contributed by atoms with van der Waals surface area (Å²) in [5.74, 6) is -0.931. The molecule has 0 aromatic heterocycles. The average Bonchev–Trinajstić information content (AvgIpc) is 3.46. The van der Waals surface area contributed by atoms with E-state index in [-0.39, 0.29) is 31.1 Å². The smallest absolute Gasteiger partial charge is 0.306 e. The second-order valence-electron chi connectivity index (χ2n) is 22.0. The van der Waals surface area contributed by atoms with Gasteiger partial charge in [0, 0.05) is 19.3 Å². The lowest BCUT2D eigenvalue weighted by molar-refractivity contribution is -0.167. The van der Waals surface area contributed by atoms with Crippen LogP contribution in [0.3, 0.4) is 0 Å². The minimum Gasteiger partial charge on any atom is -0.462 e. The van der Waals surface area contributed by atoms with Gasteiger partial charge in [-0.15, -0.1) is 0 Å². The molecular formula is C74H124O6. The van der Waals surface area contributed by atoms with E-state index in [0.29, 0.717) is 19.3 Å². The summed E-state index contributed by atoms with van der Waals surface area (Å²) in [6.07, 6.45) is 93.4. The van der Waals surface area contributed by atoms with Crippen molar-refractivity contribution in [3.8, 4) is 0 Å². The molecular weight excluding hydrogens is 985 g/mol. The van der Waals surface area contributed by atoms with Gasteiger partial charge in [-0.05, 0) is 135 Å². The number of allylic oxidation sites excluding steroid dienone is 20. The summed E-state index contributed by atoms with van der Waals surface area (Å²) >= 11 is 0. The van der Waals surface area contributed by atoms with Gasteiger partial charge in [0.1, 0.15) is 13.2 Å². The van der Waals surface area contributed by atoms with Gasteiger partial charge >= 0.3 is 17.9 Å². The van der Waals surface area contributed by atoms with Crippen molar-refractivity contribution in [2.75, 3.05) is 13.2 Å². The average molecular weight is 1110 g/mol. The third kappa shape index (κ3) is 64.6. The Balaban J connectivity index is 4.48. The van der Waals surface area contributed by atoms with Gasteiger partial charge in [-0.1, -0.05) is 277 Å². The van der Waals surface area contributed by atoms with E-state index < -0.39 is 6.10 Å². The van der Waals surface area contributed by atoms with Crippen LogP contribution in [0.15, 0.2) is 122 Å². The van der Waals surface area contributed by atoms with Crippen molar-refractivity contribution in [3.05, 3.63) is 122 Å². The first kappa shape index (κ1) is 75.8. The van der Waals surface area contributed by atoms with Crippen LogP contribution < -0.4 is 0 Å². The minimum atomic E-state index is -0.803. The van der Waals surface area contributed by atoms with Gasteiger partial charge in [0.25, 0.3) is 0 Å². The van der Waals surface area contributed by atoms with Crippen LogP contribution in [0.4, 0.5) is 0 Å². The van der Waals surface area contributed by atoms with E-state index in [4.69, 9.17) is 14.2 Å². The van der Waals surface area contributed by atoms with Crippen LogP contribution in [0.1, 0.15) is 310 Å². The monoisotopic (exact) mass is 1110 g/mol. The van der Waals surface area contributed by atoms with Crippen LogP contribution in [-0.4, -0.2) is 37.2 Å². The standard InChI is InChI=1S/C74H124O6/c1-4-7-10-13-16-19-22-25-28-31-34-36-37-39-40-43-46-49-52-55-58-61-64-67-73(76)79-70-71(69-78-72(75)66-63-60-57-54-51-48-45-42-33-30-27-24-21-18-15-12-9-6-3)80-74(77)68-65-62-59-56-53-50-47-44-41-38-35-32-29-26-23-20-17-14-11-8-5-2/h7,10,16,19,23,25-26,28,30,32-36,39-41,44,46,49,71H,4-6,8-9,11-15,17-18,20-22,24,27,29,31,37-38,42-43,45,47-48,50-70H2,1-3H3/b10-7-,19-16-,26-23-,28-25-,33-30-,35-32-,36-34-,40-39-,44-41-,49-46-. The van der Waals surface area contributed by atoms with Gasteiger partial charge in [-0.2, -0.15) is 0 Å². The molecule has 6 heteroatoms. The van der Waals surface area contributed by atoms with Crippen molar-refractivity contribution in [1.82, 2.24) is 0 Å². The Morgan fingerprint density at radius 3 is 0.775 bits per heavy atom. The van der Waals surface area contributed by atoms with Crippen molar-refractivity contribution in [2.24, 2.45) is 0 Å². The van der Waals surface area contributed by atoms with Crippen LogP contribution in [0, 0.1) is 0 Å². The molecule has 0 amide bonds. The molecule has 0 aliphatic rings. The van der Waals surface area contributed by atoms with E-state index in [9.17, 15) is 14.4 Å². The topological polar surface area (TPSA) is 78.9 Å². The van der Waals surface area contributed by atoms with E-state index in [1.807, 2.05) is 0 Å². The van der Waals surface area contributed by atoms with Gasteiger partial charge in [0.15, 0.2) is 6.10 Å². The fourth-order valence-electron chi connectivity index (χ4n) is 9.15. The van der Waals surface area contributed by atoms with Gasteiger partial charge in [-0.3, -0.25) is 14.4 Å². The van der Waals surface area contributed by atoms with Gasteiger partial charge in [-0.25, -0.2) is 0 Å². The van der Waals surface area contributed by atoms with Crippen molar-refractivity contribution >= 4 is 17.9 Å². The Hall–Kier alpha value is -4.19. The SMILES string of the molecule is CC/C=C\C/C=C\C/C=C\C/C=C\C/C=C\C/C=C\CCCCCCC(=O)OCC(COC(=O)CCCCCCCCC/C=C\CCCCCCCCC)OC(=O)CCCCCCCC/C=C\C/C=C\C/C=C\CCCCCCC. The van der Waals surface area contributed by atoms with Crippen LogP contribution in [0.25, 0.3) is 0 Å². The Morgan fingerprint density at radius 2 is 0.487 bits per heavy atom. The zero-order valence-electron chi connectivity index (χ0n) is 52.3. The third-order valence-corrected chi connectivity index (χ3v) is 14.2. The molecule has 0 rings (SSSR count). The molecule has 0 aliphatic heterocycles. The molecule has 6 nitrogen and oxygen atoms in total. The van der Waals surface area contributed by atoms with E-state index in [2.05, 4.69) is 142 Å². The molecule has 1 atom stereocenters. The Kier molecular flexibility index (Phi) is 63.8. The fourth-order valence-corrected chi connectivity index (χ4v) is 9.15. The first-order chi connectivity index (χ1) is 39.5. The normalized spacial score (nSPS) is 12.9. The lowest BCUT2D eigenvalue weighted by Crippen LogP contribution is -2.30. The second-order valence-corrected chi connectivity index (χ2v) is 22.0. The summed E-state index contributed by atoms with van der Waals surface area (Å²) in [6, 6.07) is 0. The number of hydrogen-bond acceptors (Lipinski definition) is 6. The summed E-state index contributed by atoms with van der Waals surface area (Å²) < 4.78 is 16.9. The largest absolute Gasteiger partial charge is 0.462 e. The highest BCUT2D eigenvalue weighted by atomic mass is 16.6. The minimum absolute atomic E-state index is 0.0959. The molecule has 0 aromatic rings. The fraction of sp³-hybridized carbons (Fsp3) is 0.689. The molecule has 0 bridgehead atoms. The maximum atomic E-state index is 12.9. The summed E-state index contributed by atoms with van der Waals surface area (Å²) in [4.78, 5) is 38.4. The molecule has 0 saturated carbocycles. The number of carbonyl (C=O) groups excluding carboxylic acids is 3. The van der Waals surface area contributed by atoms with Crippen molar-refractivity contribution in [3.63, 3.8) is 0 Å². The summed E-state index contributed by atoms with van der Waals surface area (Å²) in [6.45, 7) is 6.50. The summed E-state index contributed by atoms with van der Waals surface area (Å²) in [7, 11) is 0. The summed E-state index contributed by atoms with van der Waals surface area (Å²) in [5.41, 5.74) is 0. The molecule has 0 heterocycles. The number of ether oxygens (including phenoxy) is 3.